The van der Waals surface area contributed by atoms with Crippen LogP contribution >= 0.6 is 0 Å². The van der Waals surface area contributed by atoms with Crippen LogP contribution in [0.15, 0.2) is 0 Å². The molecule has 2 rings (SSSR count). The first-order chi connectivity index (χ1) is 6.20. The molecule has 1 N–H and O–H groups in total. The van der Waals surface area contributed by atoms with Gasteiger partial charge in [0, 0.05) is 5.54 Å². The lowest BCUT2D eigenvalue weighted by molar-refractivity contribution is 0.115. The van der Waals surface area contributed by atoms with E-state index >= 15 is 0 Å². The molecule has 1 heterocycles. The third-order valence-electron chi connectivity index (χ3n) is 3.87. The molecule has 1 spiro atoms. The molecule has 2 aliphatic rings. The molecule has 2 atom stereocenters. The van der Waals surface area contributed by atoms with Crippen molar-refractivity contribution in [3.63, 3.8) is 0 Å². The average Bonchev–Trinajstić information content (AvgIpc) is 2.02. The third-order valence-corrected chi connectivity index (χ3v) is 3.87. The fourth-order valence-corrected chi connectivity index (χ4v) is 3.65. The van der Waals surface area contributed by atoms with Crippen molar-refractivity contribution >= 4 is 0 Å². The van der Waals surface area contributed by atoms with E-state index in [2.05, 4.69) is 19.2 Å². The van der Waals surface area contributed by atoms with Crippen molar-refractivity contribution in [1.82, 2.24) is 5.32 Å². The van der Waals surface area contributed by atoms with Gasteiger partial charge >= 0.3 is 0 Å². The first kappa shape index (κ1) is 9.51. The summed E-state index contributed by atoms with van der Waals surface area (Å²) in [7, 11) is 0. The van der Waals surface area contributed by atoms with Crippen molar-refractivity contribution in [3.05, 3.63) is 0 Å². The van der Waals surface area contributed by atoms with Crippen molar-refractivity contribution in [3.8, 4) is 0 Å². The van der Waals surface area contributed by atoms with Gasteiger partial charge in [0.2, 0.25) is 0 Å². The summed E-state index contributed by atoms with van der Waals surface area (Å²) < 4.78 is 0. The highest BCUT2D eigenvalue weighted by atomic mass is 15.0. The smallest absolute Gasteiger partial charge is 0.0186 e. The molecule has 0 bridgehead atoms. The number of hydrogen-bond acceptors (Lipinski definition) is 1. The van der Waals surface area contributed by atoms with Crippen molar-refractivity contribution in [2.45, 2.75) is 57.9 Å². The van der Waals surface area contributed by atoms with Crippen LogP contribution in [0.4, 0.5) is 0 Å². The van der Waals surface area contributed by atoms with Crippen LogP contribution in [0.2, 0.25) is 0 Å². The monoisotopic (exact) mass is 181 g/mol. The molecule has 0 radical (unpaired) electrons. The molecule has 13 heavy (non-hydrogen) atoms. The molecular weight excluding hydrogens is 158 g/mol. The van der Waals surface area contributed by atoms with E-state index in [0.717, 1.165) is 11.8 Å². The van der Waals surface area contributed by atoms with Crippen molar-refractivity contribution in [2.24, 2.45) is 11.8 Å². The molecule has 76 valence electrons. The van der Waals surface area contributed by atoms with Crippen LogP contribution in [0.5, 0.6) is 0 Å². The van der Waals surface area contributed by atoms with Gasteiger partial charge < -0.3 is 5.32 Å². The van der Waals surface area contributed by atoms with E-state index in [1.54, 1.807) is 0 Å². The van der Waals surface area contributed by atoms with Crippen LogP contribution in [-0.4, -0.2) is 12.1 Å². The maximum Gasteiger partial charge on any atom is 0.0186 e. The van der Waals surface area contributed by atoms with E-state index in [-0.39, 0.29) is 0 Å². The minimum absolute atomic E-state index is 0.551. The fourth-order valence-electron chi connectivity index (χ4n) is 3.65. The van der Waals surface area contributed by atoms with Gasteiger partial charge in [-0.25, -0.2) is 0 Å². The zero-order valence-electron chi connectivity index (χ0n) is 9.10. The highest BCUT2D eigenvalue weighted by Gasteiger charge is 2.38. The molecule has 0 aromatic rings. The fraction of sp³-hybridized carbons (Fsp3) is 1.00. The zero-order valence-corrected chi connectivity index (χ0v) is 9.10. The highest BCUT2D eigenvalue weighted by molar-refractivity contribution is 4.96. The Kier molecular flexibility index (Phi) is 2.64. The molecule has 2 fully saturated rings. The lowest BCUT2D eigenvalue weighted by Gasteiger charge is -2.46. The minimum atomic E-state index is 0.551. The molecule has 1 aliphatic heterocycles. The predicted octanol–water partition coefficient (Wildman–Crippen LogP) is 2.95. The average molecular weight is 181 g/mol. The van der Waals surface area contributed by atoms with E-state index in [1.807, 2.05) is 0 Å². The number of hydrogen-bond donors (Lipinski definition) is 1. The summed E-state index contributed by atoms with van der Waals surface area (Å²) in [5, 5.41) is 3.80. The molecular formula is C12H23N. The Labute approximate surface area is 82.3 Å². The van der Waals surface area contributed by atoms with Gasteiger partial charge in [-0.15, -0.1) is 0 Å². The van der Waals surface area contributed by atoms with Crippen LogP contribution in [0.25, 0.3) is 0 Å². The van der Waals surface area contributed by atoms with Gasteiger partial charge in [0.1, 0.15) is 0 Å². The lowest BCUT2D eigenvalue weighted by atomic mass is 9.68. The summed E-state index contributed by atoms with van der Waals surface area (Å²) in [6.45, 7) is 6.11. The molecule has 1 heteroatoms. The summed E-state index contributed by atoms with van der Waals surface area (Å²) >= 11 is 0. The summed E-state index contributed by atoms with van der Waals surface area (Å²) in [5.41, 5.74) is 0.551. The van der Waals surface area contributed by atoms with E-state index in [0.29, 0.717) is 5.54 Å². The summed E-state index contributed by atoms with van der Waals surface area (Å²) in [4.78, 5) is 0. The molecule has 1 aliphatic carbocycles. The topological polar surface area (TPSA) is 12.0 Å². The summed E-state index contributed by atoms with van der Waals surface area (Å²) in [6, 6.07) is 0. The van der Waals surface area contributed by atoms with E-state index in [9.17, 15) is 0 Å². The van der Waals surface area contributed by atoms with Gasteiger partial charge in [-0.2, -0.15) is 0 Å². The Morgan fingerprint density at radius 3 is 2.31 bits per heavy atom. The van der Waals surface area contributed by atoms with Gasteiger partial charge in [-0.05, 0) is 50.5 Å². The molecule has 1 saturated carbocycles. The Balaban J connectivity index is 2.02. The maximum absolute atomic E-state index is 3.80. The SMILES string of the molecule is CC1CC(C)CC2(CCCCN2)C1. The zero-order chi connectivity index (χ0) is 9.31. The molecule has 1 saturated heterocycles. The normalized spacial score (nSPS) is 46.6. The number of rotatable bonds is 0. The second kappa shape index (κ2) is 3.61. The van der Waals surface area contributed by atoms with Crippen LogP contribution in [0.1, 0.15) is 52.4 Å². The first-order valence-electron chi connectivity index (χ1n) is 5.95. The second-order valence-corrected chi connectivity index (χ2v) is 5.52. The summed E-state index contributed by atoms with van der Waals surface area (Å²) in [6.07, 6.45) is 8.58. The molecule has 0 aromatic heterocycles. The van der Waals surface area contributed by atoms with E-state index in [4.69, 9.17) is 0 Å². The van der Waals surface area contributed by atoms with Gasteiger partial charge in [0.25, 0.3) is 0 Å². The number of piperidine rings is 1. The van der Waals surface area contributed by atoms with Crippen LogP contribution in [0.3, 0.4) is 0 Å². The van der Waals surface area contributed by atoms with Gasteiger partial charge in [-0.1, -0.05) is 20.3 Å². The Hall–Kier alpha value is -0.0400. The van der Waals surface area contributed by atoms with E-state index in [1.165, 1.54) is 45.1 Å². The van der Waals surface area contributed by atoms with Gasteiger partial charge in [0.15, 0.2) is 0 Å². The first-order valence-corrected chi connectivity index (χ1v) is 5.95. The van der Waals surface area contributed by atoms with Gasteiger partial charge in [-0.3, -0.25) is 0 Å². The minimum Gasteiger partial charge on any atom is -0.311 e. The highest BCUT2D eigenvalue weighted by Crippen LogP contribution is 2.40. The Morgan fingerprint density at radius 2 is 1.77 bits per heavy atom. The van der Waals surface area contributed by atoms with Gasteiger partial charge in [0.05, 0.1) is 0 Å². The Bertz CT molecular complexity index is 158. The molecule has 2 unspecified atom stereocenters. The second-order valence-electron chi connectivity index (χ2n) is 5.52. The van der Waals surface area contributed by atoms with Crippen molar-refractivity contribution in [2.75, 3.05) is 6.54 Å². The summed E-state index contributed by atoms with van der Waals surface area (Å²) in [5.74, 6) is 1.88. The predicted molar refractivity (Wildman–Crippen MR) is 56.8 cm³/mol. The largest absolute Gasteiger partial charge is 0.311 e. The van der Waals surface area contributed by atoms with Crippen LogP contribution in [0, 0.1) is 11.8 Å². The third kappa shape index (κ3) is 2.07. The van der Waals surface area contributed by atoms with Crippen LogP contribution < -0.4 is 5.32 Å². The van der Waals surface area contributed by atoms with Crippen molar-refractivity contribution < 1.29 is 0 Å². The maximum atomic E-state index is 3.80. The van der Waals surface area contributed by atoms with Crippen molar-refractivity contribution in [1.29, 1.82) is 0 Å². The molecule has 0 amide bonds. The Morgan fingerprint density at radius 1 is 1.08 bits per heavy atom. The lowest BCUT2D eigenvalue weighted by Crippen LogP contribution is -2.52. The van der Waals surface area contributed by atoms with Crippen LogP contribution in [-0.2, 0) is 0 Å². The quantitative estimate of drug-likeness (QED) is 0.606. The standard InChI is InChI=1S/C12H23N/c1-10-7-11(2)9-12(8-10)5-3-4-6-13-12/h10-11,13H,3-9H2,1-2H3. The number of nitrogens with one attached hydrogen (secondary N) is 1. The molecule has 1 nitrogen and oxygen atoms in total. The molecule has 0 aromatic carbocycles. The van der Waals surface area contributed by atoms with E-state index < -0.39 is 0 Å².